The minimum absolute atomic E-state index is 0.0434. The lowest BCUT2D eigenvalue weighted by atomic mass is 10.1. The molecule has 3 rings (SSSR count). The fourth-order valence-electron chi connectivity index (χ4n) is 2.34. The van der Waals surface area contributed by atoms with E-state index in [0.29, 0.717) is 11.5 Å². The average Bonchev–Trinajstić information content (AvgIpc) is 3.04. The molecule has 0 fully saturated rings. The van der Waals surface area contributed by atoms with Crippen molar-refractivity contribution >= 4 is 5.69 Å². The largest absolute Gasteiger partial charge is 0.488 e. The summed E-state index contributed by atoms with van der Waals surface area (Å²) in [5.74, 6) is 1.40. The van der Waals surface area contributed by atoms with Crippen molar-refractivity contribution in [3.8, 4) is 28.3 Å². The van der Waals surface area contributed by atoms with E-state index in [1.54, 1.807) is 18.2 Å². The van der Waals surface area contributed by atoms with Crippen LogP contribution in [0.3, 0.4) is 0 Å². The highest BCUT2D eigenvalue weighted by Crippen LogP contribution is 2.29. The predicted octanol–water partition coefficient (Wildman–Crippen LogP) is 5.09. The molecule has 0 N–H and O–H groups in total. The first-order chi connectivity index (χ1) is 11.8. The van der Waals surface area contributed by atoms with E-state index in [1.807, 2.05) is 45.0 Å². The van der Waals surface area contributed by atoms with Gasteiger partial charge in [-0.15, -0.1) is 0 Å². The number of nitro groups is 1. The number of hydrogen-bond acceptors (Lipinski definition) is 5. The third kappa shape index (κ3) is 4.03. The molecule has 6 nitrogen and oxygen atoms in total. The Morgan fingerprint density at radius 1 is 1.00 bits per heavy atom. The molecule has 0 spiro atoms. The molecule has 3 aromatic rings. The van der Waals surface area contributed by atoms with Crippen LogP contribution in [0.5, 0.6) is 5.75 Å². The normalized spacial score (nSPS) is 11.3. The van der Waals surface area contributed by atoms with E-state index in [-0.39, 0.29) is 11.3 Å². The Balaban J connectivity index is 1.80. The molecule has 128 valence electrons. The fourth-order valence-corrected chi connectivity index (χ4v) is 2.34. The molecule has 0 amide bonds. The minimum atomic E-state index is -0.431. The molecule has 1 aromatic heterocycles. The summed E-state index contributed by atoms with van der Waals surface area (Å²) in [4.78, 5) is 10.3. The van der Waals surface area contributed by atoms with Crippen molar-refractivity contribution in [3.63, 3.8) is 0 Å². The second kappa shape index (κ2) is 6.39. The summed E-state index contributed by atoms with van der Waals surface area (Å²) in [5, 5.41) is 14.8. The Labute approximate surface area is 145 Å². The monoisotopic (exact) mass is 338 g/mol. The van der Waals surface area contributed by atoms with Crippen molar-refractivity contribution < 1.29 is 14.2 Å². The molecule has 0 radical (unpaired) electrons. The van der Waals surface area contributed by atoms with Crippen LogP contribution in [0, 0.1) is 10.1 Å². The lowest BCUT2D eigenvalue weighted by Gasteiger charge is -2.21. The first kappa shape index (κ1) is 16.7. The third-order valence-corrected chi connectivity index (χ3v) is 3.45. The molecular weight excluding hydrogens is 320 g/mol. The third-order valence-electron chi connectivity index (χ3n) is 3.45. The summed E-state index contributed by atoms with van der Waals surface area (Å²) < 4.78 is 11.2. The number of nitrogens with zero attached hydrogens (tertiary/aromatic N) is 2. The summed E-state index contributed by atoms with van der Waals surface area (Å²) >= 11 is 0. The maximum Gasteiger partial charge on any atom is 0.269 e. The first-order valence-electron chi connectivity index (χ1n) is 7.83. The van der Waals surface area contributed by atoms with Crippen LogP contribution in [0.25, 0.3) is 22.6 Å². The van der Waals surface area contributed by atoms with Crippen molar-refractivity contribution in [2.75, 3.05) is 0 Å². The summed E-state index contributed by atoms with van der Waals surface area (Å²) in [6.07, 6.45) is 0. The van der Waals surface area contributed by atoms with Gasteiger partial charge in [-0.1, -0.05) is 5.16 Å². The molecule has 0 bridgehead atoms. The lowest BCUT2D eigenvalue weighted by Crippen LogP contribution is -2.22. The minimum Gasteiger partial charge on any atom is -0.488 e. The van der Waals surface area contributed by atoms with Crippen LogP contribution < -0.4 is 4.74 Å². The summed E-state index contributed by atoms with van der Waals surface area (Å²) in [5.41, 5.74) is 2.05. The zero-order valence-electron chi connectivity index (χ0n) is 14.2. The molecule has 0 aliphatic carbocycles. The van der Waals surface area contributed by atoms with Gasteiger partial charge in [-0.05, 0) is 57.2 Å². The molecule has 0 aliphatic rings. The topological polar surface area (TPSA) is 78.4 Å². The number of hydrogen-bond donors (Lipinski definition) is 0. The van der Waals surface area contributed by atoms with E-state index >= 15 is 0 Å². The van der Waals surface area contributed by atoms with E-state index in [1.165, 1.54) is 12.1 Å². The van der Waals surface area contributed by atoms with Crippen LogP contribution >= 0.6 is 0 Å². The van der Waals surface area contributed by atoms with Crippen LogP contribution in [-0.4, -0.2) is 15.7 Å². The maximum atomic E-state index is 10.7. The number of benzene rings is 2. The summed E-state index contributed by atoms with van der Waals surface area (Å²) in [7, 11) is 0. The van der Waals surface area contributed by atoms with Gasteiger partial charge in [-0.2, -0.15) is 0 Å². The van der Waals surface area contributed by atoms with Crippen molar-refractivity contribution in [3.05, 3.63) is 64.7 Å². The van der Waals surface area contributed by atoms with E-state index in [2.05, 4.69) is 5.16 Å². The average molecular weight is 338 g/mol. The fraction of sp³-hybridized carbons (Fsp3) is 0.211. The van der Waals surface area contributed by atoms with Gasteiger partial charge in [0.25, 0.3) is 5.69 Å². The number of aromatic nitrogens is 1. The number of ether oxygens (including phenoxy) is 1. The van der Waals surface area contributed by atoms with Gasteiger partial charge < -0.3 is 9.26 Å². The Bertz CT molecular complexity index is 875. The standard InChI is InChI=1S/C19H18N2O4/c1-19(2,3)24-16-10-6-14(7-11-16)18-12-17(20-25-18)13-4-8-15(9-5-13)21(22)23/h4-12H,1-3H3. The predicted molar refractivity (Wildman–Crippen MR) is 94.4 cm³/mol. The molecule has 2 aromatic carbocycles. The second-order valence-electron chi connectivity index (χ2n) is 6.62. The highest BCUT2D eigenvalue weighted by atomic mass is 16.6. The molecule has 1 heterocycles. The van der Waals surface area contributed by atoms with Crippen LogP contribution in [0.2, 0.25) is 0 Å². The zero-order valence-corrected chi connectivity index (χ0v) is 14.2. The molecule has 0 saturated heterocycles. The van der Waals surface area contributed by atoms with Crippen molar-refractivity contribution in [2.45, 2.75) is 26.4 Å². The number of rotatable bonds is 4. The van der Waals surface area contributed by atoms with Gasteiger partial charge in [0.15, 0.2) is 5.76 Å². The first-order valence-corrected chi connectivity index (χ1v) is 7.83. The molecule has 0 aliphatic heterocycles. The van der Waals surface area contributed by atoms with Gasteiger partial charge in [-0.25, -0.2) is 0 Å². The Morgan fingerprint density at radius 3 is 2.16 bits per heavy atom. The van der Waals surface area contributed by atoms with Crippen LogP contribution in [-0.2, 0) is 0 Å². The number of non-ortho nitro benzene ring substituents is 1. The highest BCUT2D eigenvalue weighted by molar-refractivity contribution is 5.67. The van der Waals surface area contributed by atoms with Crippen molar-refractivity contribution in [1.29, 1.82) is 0 Å². The molecule has 6 heteroatoms. The van der Waals surface area contributed by atoms with Crippen LogP contribution in [0.4, 0.5) is 5.69 Å². The van der Waals surface area contributed by atoms with E-state index in [9.17, 15) is 10.1 Å². The van der Waals surface area contributed by atoms with Gasteiger partial charge >= 0.3 is 0 Å². The summed E-state index contributed by atoms with van der Waals surface area (Å²) in [6.45, 7) is 5.98. The smallest absolute Gasteiger partial charge is 0.269 e. The van der Waals surface area contributed by atoms with Gasteiger partial charge in [0, 0.05) is 29.3 Å². The molecule has 25 heavy (non-hydrogen) atoms. The van der Waals surface area contributed by atoms with E-state index in [0.717, 1.165) is 16.9 Å². The maximum absolute atomic E-state index is 10.7. The quantitative estimate of drug-likeness (QED) is 0.489. The Morgan fingerprint density at radius 2 is 1.60 bits per heavy atom. The van der Waals surface area contributed by atoms with Gasteiger partial charge in [0.2, 0.25) is 0 Å². The second-order valence-corrected chi connectivity index (χ2v) is 6.62. The van der Waals surface area contributed by atoms with Crippen LogP contribution in [0.15, 0.2) is 59.1 Å². The van der Waals surface area contributed by atoms with Gasteiger partial charge in [0.1, 0.15) is 17.0 Å². The molecule has 0 unspecified atom stereocenters. The van der Waals surface area contributed by atoms with E-state index in [4.69, 9.17) is 9.26 Å². The number of nitro benzene ring substituents is 1. The molecule has 0 saturated carbocycles. The van der Waals surface area contributed by atoms with E-state index < -0.39 is 4.92 Å². The zero-order chi connectivity index (χ0) is 18.0. The van der Waals surface area contributed by atoms with Crippen LogP contribution in [0.1, 0.15) is 20.8 Å². The SMILES string of the molecule is CC(C)(C)Oc1ccc(-c2cc(-c3ccc([N+](=O)[O-])cc3)no2)cc1. The Hall–Kier alpha value is -3.15. The summed E-state index contributed by atoms with van der Waals surface area (Å²) in [6, 6.07) is 15.6. The molecular formula is C19H18N2O4. The molecule has 0 atom stereocenters. The Kier molecular flexibility index (Phi) is 4.27. The highest BCUT2D eigenvalue weighted by Gasteiger charge is 2.13. The van der Waals surface area contributed by atoms with Crippen molar-refractivity contribution in [1.82, 2.24) is 5.16 Å². The van der Waals surface area contributed by atoms with Gasteiger partial charge in [0.05, 0.1) is 4.92 Å². The lowest BCUT2D eigenvalue weighted by molar-refractivity contribution is -0.384. The van der Waals surface area contributed by atoms with Crippen molar-refractivity contribution in [2.24, 2.45) is 0 Å². The van der Waals surface area contributed by atoms with Gasteiger partial charge in [-0.3, -0.25) is 10.1 Å².